The molecule has 28 heavy (non-hydrogen) atoms. The number of ether oxygens (including phenoxy) is 3. The number of amides is 1. The number of carbonyl (C=O) groups excluding carboxylic acids is 1. The van der Waals surface area contributed by atoms with E-state index in [9.17, 15) is 26.4 Å². The fraction of sp³-hybridized carbons (Fsp3) is 0.188. The molecule has 2 N–H and O–H groups in total. The number of hydrazine groups is 1. The third kappa shape index (κ3) is 5.76. The molecule has 0 heterocycles. The van der Waals surface area contributed by atoms with Gasteiger partial charge in [-0.1, -0.05) is 6.07 Å². The van der Waals surface area contributed by atoms with Gasteiger partial charge in [-0.3, -0.25) is 10.2 Å². The van der Waals surface area contributed by atoms with Crippen LogP contribution in [-0.2, 0) is 10.0 Å². The van der Waals surface area contributed by atoms with Crippen molar-refractivity contribution in [2.45, 2.75) is 11.3 Å². The second kappa shape index (κ2) is 8.35. The zero-order valence-corrected chi connectivity index (χ0v) is 15.3. The van der Waals surface area contributed by atoms with Crippen LogP contribution in [0.2, 0.25) is 0 Å². The Labute approximate surface area is 158 Å². The minimum Gasteiger partial charge on any atom is -0.497 e. The van der Waals surface area contributed by atoms with Gasteiger partial charge in [-0.05, 0) is 24.3 Å². The average Bonchev–Trinajstić information content (AvgIpc) is 2.64. The largest absolute Gasteiger partial charge is 0.573 e. The van der Waals surface area contributed by atoms with Crippen LogP contribution in [0.5, 0.6) is 17.2 Å². The molecule has 0 aliphatic heterocycles. The number of sulfonamides is 1. The molecular weight excluding hydrogens is 405 g/mol. The molecule has 2 rings (SSSR count). The van der Waals surface area contributed by atoms with Gasteiger partial charge in [0.2, 0.25) is 0 Å². The molecule has 0 unspecified atom stereocenters. The Morgan fingerprint density at radius 3 is 2.11 bits per heavy atom. The minimum atomic E-state index is -4.98. The number of rotatable bonds is 7. The molecule has 2 aromatic carbocycles. The summed E-state index contributed by atoms with van der Waals surface area (Å²) in [7, 11) is -1.62. The minimum absolute atomic E-state index is 0.0213. The van der Waals surface area contributed by atoms with E-state index in [0.717, 1.165) is 18.2 Å². The summed E-state index contributed by atoms with van der Waals surface area (Å²) in [5.41, 5.74) is 1.98. The van der Waals surface area contributed by atoms with Crippen molar-refractivity contribution in [3.63, 3.8) is 0 Å². The van der Waals surface area contributed by atoms with Crippen molar-refractivity contribution < 1.29 is 40.6 Å². The van der Waals surface area contributed by atoms with Gasteiger partial charge < -0.3 is 14.2 Å². The van der Waals surface area contributed by atoms with Crippen LogP contribution in [-0.4, -0.2) is 34.9 Å². The van der Waals surface area contributed by atoms with Crippen LogP contribution < -0.4 is 24.5 Å². The normalized spacial score (nSPS) is 11.6. The van der Waals surface area contributed by atoms with Crippen molar-refractivity contribution in [2.24, 2.45) is 0 Å². The van der Waals surface area contributed by atoms with Crippen LogP contribution in [0.4, 0.5) is 13.2 Å². The Bertz CT molecular complexity index is 941. The number of benzene rings is 2. The molecule has 2 aromatic rings. The number of nitrogens with one attached hydrogen (secondary N) is 2. The van der Waals surface area contributed by atoms with Crippen LogP contribution in [0.15, 0.2) is 47.4 Å². The first-order chi connectivity index (χ1) is 13.0. The summed E-state index contributed by atoms with van der Waals surface area (Å²) in [6, 6.07) is 7.88. The van der Waals surface area contributed by atoms with Crippen molar-refractivity contribution in [3.05, 3.63) is 48.0 Å². The van der Waals surface area contributed by atoms with Crippen molar-refractivity contribution >= 4 is 15.9 Å². The molecule has 0 saturated carbocycles. The third-order valence-corrected chi connectivity index (χ3v) is 4.51. The topological polar surface area (TPSA) is 103 Å². The molecule has 0 aliphatic rings. The molecule has 12 heteroatoms. The fourth-order valence-electron chi connectivity index (χ4n) is 2.02. The molecule has 8 nitrogen and oxygen atoms in total. The maximum absolute atomic E-state index is 12.3. The molecule has 0 atom stereocenters. The summed E-state index contributed by atoms with van der Waals surface area (Å²) < 4.78 is 74.9. The number of alkyl halides is 3. The first-order valence-electron chi connectivity index (χ1n) is 7.45. The van der Waals surface area contributed by atoms with E-state index in [2.05, 4.69) is 4.74 Å². The highest BCUT2D eigenvalue weighted by Gasteiger charge is 2.31. The van der Waals surface area contributed by atoms with Crippen molar-refractivity contribution in [3.8, 4) is 17.2 Å². The lowest BCUT2D eigenvalue weighted by Crippen LogP contribution is -2.41. The van der Waals surface area contributed by atoms with Crippen LogP contribution in [0.25, 0.3) is 0 Å². The van der Waals surface area contributed by atoms with Gasteiger partial charge in [0, 0.05) is 17.7 Å². The van der Waals surface area contributed by atoms with E-state index in [1.165, 1.54) is 32.4 Å². The zero-order chi connectivity index (χ0) is 20.9. The van der Waals surface area contributed by atoms with Crippen LogP contribution in [0.1, 0.15) is 10.4 Å². The maximum atomic E-state index is 12.3. The predicted octanol–water partition coefficient (Wildman–Crippen LogP) is 2.23. The fourth-order valence-corrected chi connectivity index (χ4v) is 2.90. The van der Waals surface area contributed by atoms with Crippen LogP contribution in [0.3, 0.4) is 0 Å². The summed E-state index contributed by atoms with van der Waals surface area (Å²) in [5.74, 6) is -0.976. The summed E-state index contributed by atoms with van der Waals surface area (Å²) in [6.45, 7) is 0. The van der Waals surface area contributed by atoms with Crippen LogP contribution >= 0.6 is 0 Å². The smallest absolute Gasteiger partial charge is 0.497 e. The molecule has 152 valence electrons. The van der Waals surface area contributed by atoms with E-state index in [0.29, 0.717) is 17.6 Å². The van der Waals surface area contributed by atoms with Gasteiger partial charge in [0.05, 0.1) is 19.1 Å². The van der Waals surface area contributed by atoms with Gasteiger partial charge in [0.1, 0.15) is 17.2 Å². The highest BCUT2D eigenvalue weighted by molar-refractivity contribution is 7.89. The van der Waals surface area contributed by atoms with Gasteiger partial charge in [-0.15, -0.1) is 18.0 Å². The Morgan fingerprint density at radius 1 is 0.964 bits per heavy atom. The van der Waals surface area contributed by atoms with Gasteiger partial charge >= 0.3 is 6.36 Å². The Morgan fingerprint density at radius 2 is 1.57 bits per heavy atom. The Kier molecular flexibility index (Phi) is 6.36. The van der Waals surface area contributed by atoms with E-state index >= 15 is 0 Å². The summed E-state index contributed by atoms with van der Waals surface area (Å²) in [5, 5.41) is 0. The van der Waals surface area contributed by atoms with Gasteiger partial charge in [-0.25, -0.2) is 8.42 Å². The molecule has 0 aromatic heterocycles. The Hall–Kier alpha value is -2.99. The highest BCUT2D eigenvalue weighted by Crippen LogP contribution is 2.25. The molecular formula is C16H15F3N2O6S. The van der Waals surface area contributed by atoms with E-state index in [4.69, 9.17) is 9.47 Å². The maximum Gasteiger partial charge on any atom is 0.573 e. The van der Waals surface area contributed by atoms with Crippen molar-refractivity contribution in [1.29, 1.82) is 0 Å². The SMILES string of the molecule is COc1cc(OC)cc(C(=O)NNS(=O)(=O)c2cccc(OC(F)(F)F)c2)c1. The monoisotopic (exact) mass is 420 g/mol. The lowest BCUT2D eigenvalue weighted by molar-refractivity contribution is -0.274. The summed E-state index contributed by atoms with van der Waals surface area (Å²) >= 11 is 0. The van der Waals surface area contributed by atoms with E-state index in [1.54, 1.807) is 4.83 Å². The molecule has 1 amide bonds. The van der Waals surface area contributed by atoms with E-state index < -0.39 is 32.9 Å². The standard InChI is InChI=1S/C16H15F3N2O6S/c1-25-12-6-10(7-13(8-12)26-2)15(22)20-21-28(23,24)14-5-3-4-11(9-14)27-16(17,18)19/h3-9,21H,1-2H3,(H,20,22). The number of carbonyl (C=O) groups is 1. The Balaban J connectivity index is 2.15. The average molecular weight is 420 g/mol. The molecule has 0 bridgehead atoms. The predicted molar refractivity (Wildman–Crippen MR) is 90.5 cm³/mol. The second-order valence-electron chi connectivity index (χ2n) is 5.18. The third-order valence-electron chi connectivity index (χ3n) is 3.26. The van der Waals surface area contributed by atoms with Crippen molar-refractivity contribution in [1.82, 2.24) is 10.3 Å². The first kappa shape index (κ1) is 21.3. The van der Waals surface area contributed by atoms with Gasteiger partial charge in [0.15, 0.2) is 0 Å². The lowest BCUT2D eigenvalue weighted by atomic mass is 10.2. The lowest BCUT2D eigenvalue weighted by Gasteiger charge is -2.12. The summed E-state index contributed by atoms with van der Waals surface area (Å²) in [6.07, 6.45) is -4.98. The highest BCUT2D eigenvalue weighted by atomic mass is 32.2. The molecule has 0 saturated heterocycles. The molecule has 0 aliphatic carbocycles. The number of methoxy groups -OCH3 is 2. The number of halogens is 3. The van der Waals surface area contributed by atoms with Gasteiger partial charge in [0.25, 0.3) is 15.9 Å². The molecule has 0 radical (unpaired) electrons. The quantitative estimate of drug-likeness (QED) is 0.666. The van der Waals surface area contributed by atoms with E-state index in [-0.39, 0.29) is 5.56 Å². The van der Waals surface area contributed by atoms with E-state index in [1.807, 2.05) is 5.43 Å². The molecule has 0 fully saturated rings. The number of hydrogen-bond acceptors (Lipinski definition) is 6. The molecule has 0 spiro atoms. The second-order valence-corrected chi connectivity index (χ2v) is 6.87. The number of hydrogen-bond donors (Lipinski definition) is 2. The zero-order valence-electron chi connectivity index (χ0n) is 14.5. The first-order valence-corrected chi connectivity index (χ1v) is 8.93. The van der Waals surface area contributed by atoms with Crippen molar-refractivity contribution in [2.75, 3.05) is 14.2 Å². The van der Waals surface area contributed by atoms with Crippen LogP contribution in [0, 0.1) is 0 Å². The van der Waals surface area contributed by atoms with Gasteiger partial charge in [-0.2, -0.15) is 0 Å². The summed E-state index contributed by atoms with van der Waals surface area (Å²) in [4.78, 5) is 13.4.